The molecule has 2 unspecified atom stereocenters. The first-order valence-corrected chi connectivity index (χ1v) is 5.79. The molecule has 1 heterocycles. The summed E-state index contributed by atoms with van der Waals surface area (Å²) in [6.07, 6.45) is 3.31. The van der Waals surface area contributed by atoms with Gasteiger partial charge in [0.1, 0.15) is 0 Å². The Morgan fingerprint density at radius 1 is 1.31 bits per heavy atom. The van der Waals surface area contributed by atoms with E-state index < -0.39 is 0 Å². The highest BCUT2D eigenvalue weighted by atomic mass is 35.5. The topological polar surface area (TPSA) is 59.9 Å². The van der Waals surface area contributed by atoms with E-state index in [0.717, 1.165) is 19.3 Å². The summed E-state index contributed by atoms with van der Waals surface area (Å²) in [5, 5.41) is 10.8. The number of nitrogens with one attached hydrogen (secondary N) is 1. The van der Waals surface area contributed by atoms with Crippen LogP contribution < -0.4 is 5.32 Å². The van der Waals surface area contributed by atoms with Gasteiger partial charge in [0.2, 0.25) is 5.28 Å². The zero-order valence-corrected chi connectivity index (χ0v) is 10.3. The molecule has 0 spiro atoms. The molecular weight excluding hydrogens is 251 g/mol. The smallest absolute Gasteiger partial charge is 0.245 e. The number of aromatic nitrogens is 3. The van der Waals surface area contributed by atoms with E-state index in [9.17, 15) is 0 Å². The van der Waals surface area contributed by atoms with E-state index in [0.29, 0.717) is 18.0 Å². The van der Waals surface area contributed by atoms with Crippen LogP contribution in [0.4, 0.5) is 5.82 Å². The Kier molecular flexibility index (Phi) is 3.78. The molecule has 0 aromatic carbocycles. The third-order valence-electron chi connectivity index (χ3n) is 2.68. The lowest BCUT2D eigenvalue weighted by molar-refractivity contribution is 0.108. The summed E-state index contributed by atoms with van der Waals surface area (Å²) in [7, 11) is 1.73. The molecule has 88 valence electrons. The van der Waals surface area contributed by atoms with Crippen LogP contribution in [0.15, 0.2) is 0 Å². The SMILES string of the molecule is COC1CCC(Nc2nc(Cl)nnc2Cl)C1. The largest absolute Gasteiger partial charge is 0.381 e. The minimum atomic E-state index is 0.0909. The van der Waals surface area contributed by atoms with Crippen LogP contribution in [-0.4, -0.2) is 34.4 Å². The number of halogens is 2. The highest BCUT2D eigenvalue weighted by Crippen LogP contribution is 2.26. The Morgan fingerprint density at radius 2 is 2.12 bits per heavy atom. The second-order valence-corrected chi connectivity index (χ2v) is 4.43. The summed E-state index contributed by atoms with van der Waals surface area (Å²) in [5.74, 6) is 0.489. The van der Waals surface area contributed by atoms with E-state index in [2.05, 4.69) is 20.5 Å². The average molecular weight is 263 g/mol. The van der Waals surface area contributed by atoms with Gasteiger partial charge in [0, 0.05) is 13.2 Å². The van der Waals surface area contributed by atoms with Crippen molar-refractivity contribution in [1.29, 1.82) is 0 Å². The third-order valence-corrected chi connectivity index (χ3v) is 3.09. The summed E-state index contributed by atoms with van der Waals surface area (Å²) in [6, 6.07) is 0.301. The van der Waals surface area contributed by atoms with Crippen LogP contribution in [-0.2, 0) is 4.74 Å². The maximum Gasteiger partial charge on any atom is 0.245 e. The first kappa shape index (κ1) is 11.8. The molecule has 1 N–H and O–H groups in total. The first-order chi connectivity index (χ1) is 7.69. The van der Waals surface area contributed by atoms with E-state index in [4.69, 9.17) is 27.9 Å². The van der Waals surface area contributed by atoms with Gasteiger partial charge in [0.15, 0.2) is 11.0 Å². The van der Waals surface area contributed by atoms with Crippen molar-refractivity contribution in [2.45, 2.75) is 31.4 Å². The lowest BCUT2D eigenvalue weighted by Crippen LogP contribution is -2.18. The Labute approximate surface area is 104 Å². The van der Waals surface area contributed by atoms with Crippen LogP contribution in [0, 0.1) is 0 Å². The van der Waals surface area contributed by atoms with Gasteiger partial charge in [-0.05, 0) is 30.9 Å². The van der Waals surface area contributed by atoms with Crippen molar-refractivity contribution < 1.29 is 4.74 Å². The van der Waals surface area contributed by atoms with Crippen molar-refractivity contribution in [3.05, 3.63) is 10.4 Å². The number of ether oxygens (including phenoxy) is 1. The number of nitrogens with zero attached hydrogens (tertiary/aromatic N) is 3. The van der Waals surface area contributed by atoms with E-state index in [1.807, 2.05) is 0 Å². The molecule has 5 nitrogen and oxygen atoms in total. The van der Waals surface area contributed by atoms with E-state index in [-0.39, 0.29) is 10.4 Å². The molecule has 0 bridgehead atoms. The predicted molar refractivity (Wildman–Crippen MR) is 61.9 cm³/mol. The standard InChI is InChI=1S/C9H12Cl2N4O/c1-16-6-3-2-5(4-6)12-8-7(10)14-15-9(11)13-8/h5-6H,2-4H2,1H3,(H,12,13,15). The fourth-order valence-electron chi connectivity index (χ4n) is 1.86. The number of hydrogen-bond donors (Lipinski definition) is 1. The zero-order chi connectivity index (χ0) is 11.5. The number of anilines is 1. The Morgan fingerprint density at radius 3 is 2.81 bits per heavy atom. The summed E-state index contributed by atoms with van der Waals surface area (Å²) in [4.78, 5) is 4.00. The van der Waals surface area contributed by atoms with Crippen LogP contribution in [0.25, 0.3) is 0 Å². The lowest BCUT2D eigenvalue weighted by atomic mass is 10.2. The molecule has 1 fully saturated rings. The molecule has 1 aromatic rings. The first-order valence-electron chi connectivity index (χ1n) is 5.04. The molecule has 16 heavy (non-hydrogen) atoms. The van der Waals surface area contributed by atoms with Crippen LogP contribution >= 0.6 is 23.2 Å². The van der Waals surface area contributed by atoms with Gasteiger partial charge in [-0.3, -0.25) is 0 Å². The van der Waals surface area contributed by atoms with E-state index in [1.165, 1.54) is 0 Å². The summed E-state index contributed by atoms with van der Waals surface area (Å²) in [6.45, 7) is 0. The molecular formula is C9H12Cl2N4O. The van der Waals surface area contributed by atoms with Gasteiger partial charge in [0.05, 0.1) is 6.10 Å². The molecule has 0 aliphatic heterocycles. The molecule has 7 heteroatoms. The van der Waals surface area contributed by atoms with Crippen LogP contribution in [0.3, 0.4) is 0 Å². The molecule has 1 aliphatic carbocycles. The van der Waals surface area contributed by atoms with Crippen molar-refractivity contribution >= 4 is 29.0 Å². The quantitative estimate of drug-likeness (QED) is 0.905. The Balaban J connectivity index is 2.01. The maximum absolute atomic E-state index is 5.86. The van der Waals surface area contributed by atoms with Crippen molar-refractivity contribution in [2.24, 2.45) is 0 Å². The normalized spacial score (nSPS) is 24.7. The molecule has 2 rings (SSSR count). The summed E-state index contributed by atoms with van der Waals surface area (Å²) < 4.78 is 5.29. The van der Waals surface area contributed by atoms with Crippen LogP contribution in [0.1, 0.15) is 19.3 Å². The van der Waals surface area contributed by atoms with Crippen molar-refractivity contribution in [3.63, 3.8) is 0 Å². The minimum Gasteiger partial charge on any atom is -0.381 e. The van der Waals surface area contributed by atoms with Gasteiger partial charge in [-0.1, -0.05) is 11.6 Å². The second kappa shape index (κ2) is 5.12. The van der Waals surface area contributed by atoms with Crippen molar-refractivity contribution in [2.75, 3.05) is 12.4 Å². The van der Waals surface area contributed by atoms with E-state index >= 15 is 0 Å². The van der Waals surface area contributed by atoms with Crippen LogP contribution in [0.2, 0.25) is 10.4 Å². The Bertz CT molecular complexity index is 377. The predicted octanol–water partition coefficient (Wildman–Crippen LogP) is 2.16. The fraction of sp³-hybridized carbons (Fsp3) is 0.667. The van der Waals surface area contributed by atoms with Crippen molar-refractivity contribution in [1.82, 2.24) is 15.2 Å². The third kappa shape index (κ3) is 2.72. The van der Waals surface area contributed by atoms with Gasteiger partial charge in [-0.15, -0.1) is 10.2 Å². The Hall–Kier alpha value is -0.650. The highest BCUT2D eigenvalue weighted by molar-refractivity contribution is 6.32. The monoisotopic (exact) mass is 262 g/mol. The zero-order valence-electron chi connectivity index (χ0n) is 8.78. The van der Waals surface area contributed by atoms with Gasteiger partial charge in [-0.2, -0.15) is 4.98 Å². The maximum atomic E-state index is 5.86. The summed E-state index contributed by atoms with van der Waals surface area (Å²) >= 11 is 11.5. The lowest BCUT2D eigenvalue weighted by Gasteiger charge is -2.13. The highest BCUT2D eigenvalue weighted by Gasteiger charge is 2.25. The molecule has 1 aromatic heterocycles. The summed E-state index contributed by atoms with van der Waals surface area (Å²) in [5.41, 5.74) is 0. The fourth-order valence-corrected chi connectivity index (χ4v) is 2.12. The molecule has 1 saturated carbocycles. The minimum absolute atomic E-state index is 0.0909. The average Bonchev–Trinajstić information content (AvgIpc) is 2.71. The van der Waals surface area contributed by atoms with Gasteiger partial charge in [-0.25, -0.2) is 0 Å². The molecule has 0 amide bonds. The number of hydrogen-bond acceptors (Lipinski definition) is 5. The molecule has 2 atom stereocenters. The number of rotatable bonds is 3. The van der Waals surface area contributed by atoms with E-state index in [1.54, 1.807) is 7.11 Å². The van der Waals surface area contributed by atoms with Gasteiger partial charge in [0.25, 0.3) is 0 Å². The van der Waals surface area contributed by atoms with Crippen LogP contribution in [0.5, 0.6) is 0 Å². The molecule has 0 radical (unpaired) electrons. The second-order valence-electron chi connectivity index (χ2n) is 3.73. The number of methoxy groups -OCH3 is 1. The van der Waals surface area contributed by atoms with Gasteiger partial charge >= 0.3 is 0 Å². The molecule has 1 aliphatic rings. The van der Waals surface area contributed by atoms with Crippen molar-refractivity contribution in [3.8, 4) is 0 Å². The molecule has 0 saturated heterocycles. The van der Waals surface area contributed by atoms with Gasteiger partial charge < -0.3 is 10.1 Å².